The van der Waals surface area contributed by atoms with Crippen LogP contribution in [0, 0.1) is 3.57 Å². The molecule has 156 valence electrons. The van der Waals surface area contributed by atoms with Crippen LogP contribution in [0.3, 0.4) is 0 Å². The lowest BCUT2D eigenvalue weighted by Gasteiger charge is -2.11. The van der Waals surface area contributed by atoms with Crippen molar-refractivity contribution < 1.29 is 14.3 Å². The van der Waals surface area contributed by atoms with Gasteiger partial charge < -0.3 is 14.8 Å². The van der Waals surface area contributed by atoms with Crippen molar-refractivity contribution in [2.45, 2.75) is 13.3 Å². The summed E-state index contributed by atoms with van der Waals surface area (Å²) in [6.45, 7) is 2.07. The smallest absolute Gasteiger partial charge is 0.257 e. The molecule has 0 saturated heterocycles. The van der Waals surface area contributed by atoms with Crippen molar-refractivity contribution in [3.63, 3.8) is 0 Å². The Bertz CT molecular complexity index is 1290. The SMILES string of the molecule is CCc1ccc2oc(-c3cc(NC(=S)NC(=O)c4ccc(I)cc4)ccc3O)nc2c1. The average molecular weight is 543 g/mol. The second-order valence-corrected chi connectivity index (χ2v) is 8.48. The van der Waals surface area contributed by atoms with Gasteiger partial charge in [0, 0.05) is 14.8 Å². The number of hydrogen-bond acceptors (Lipinski definition) is 5. The molecule has 0 radical (unpaired) electrons. The number of aromatic nitrogens is 1. The number of phenolic OH excluding ortho intramolecular Hbond substituents is 1. The second-order valence-electron chi connectivity index (χ2n) is 6.82. The van der Waals surface area contributed by atoms with Crippen LogP contribution in [0.15, 0.2) is 65.1 Å². The topological polar surface area (TPSA) is 87.4 Å². The number of carbonyl (C=O) groups is 1. The van der Waals surface area contributed by atoms with Crippen molar-refractivity contribution in [1.29, 1.82) is 0 Å². The van der Waals surface area contributed by atoms with E-state index >= 15 is 0 Å². The van der Waals surface area contributed by atoms with E-state index < -0.39 is 0 Å². The van der Waals surface area contributed by atoms with Crippen molar-refractivity contribution in [2.24, 2.45) is 0 Å². The number of amides is 1. The summed E-state index contributed by atoms with van der Waals surface area (Å²) in [5.74, 6) is 0.0264. The standard InChI is InChI=1S/C23H18IN3O3S/c1-2-13-3-10-20-18(11-13)26-22(30-20)17-12-16(8-9-19(17)28)25-23(31)27-21(29)14-4-6-15(24)7-5-14/h3-12,28H,2H2,1H3,(H2,25,27,29,31). The van der Waals surface area contributed by atoms with Crippen LogP contribution in [0.4, 0.5) is 5.69 Å². The van der Waals surface area contributed by atoms with E-state index in [0.29, 0.717) is 28.3 Å². The highest BCUT2D eigenvalue weighted by molar-refractivity contribution is 14.1. The van der Waals surface area contributed by atoms with Gasteiger partial charge in [-0.2, -0.15) is 0 Å². The fraction of sp³-hybridized carbons (Fsp3) is 0.0870. The summed E-state index contributed by atoms with van der Waals surface area (Å²) in [7, 11) is 0. The molecule has 0 atom stereocenters. The molecule has 1 amide bonds. The fourth-order valence-electron chi connectivity index (χ4n) is 3.03. The van der Waals surface area contributed by atoms with Gasteiger partial charge in [-0.05, 0) is 101 Å². The summed E-state index contributed by atoms with van der Waals surface area (Å²) in [5, 5.41) is 16.1. The maximum Gasteiger partial charge on any atom is 0.257 e. The highest BCUT2D eigenvalue weighted by Crippen LogP contribution is 2.33. The van der Waals surface area contributed by atoms with Crippen LogP contribution in [0.25, 0.3) is 22.6 Å². The van der Waals surface area contributed by atoms with Gasteiger partial charge in [-0.25, -0.2) is 4.98 Å². The molecule has 1 aromatic heterocycles. The molecule has 3 aromatic carbocycles. The van der Waals surface area contributed by atoms with Crippen molar-refractivity contribution in [2.75, 3.05) is 5.32 Å². The predicted octanol–water partition coefficient (Wildman–Crippen LogP) is 5.49. The summed E-state index contributed by atoms with van der Waals surface area (Å²) < 4.78 is 6.86. The first kappa shape index (κ1) is 21.3. The molecule has 4 aromatic rings. The Balaban J connectivity index is 1.53. The molecule has 8 heteroatoms. The first-order chi connectivity index (χ1) is 14.9. The zero-order chi connectivity index (χ0) is 22.0. The lowest BCUT2D eigenvalue weighted by atomic mass is 10.1. The summed E-state index contributed by atoms with van der Waals surface area (Å²) in [6, 6.07) is 17.8. The van der Waals surface area contributed by atoms with E-state index in [4.69, 9.17) is 16.6 Å². The Kier molecular flexibility index (Phi) is 6.19. The zero-order valence-corrected chi connectivity index (χ0v) is 19.5. The number of thiocarbonyl (C=S) groups is 1. The monoisotopic (exact) mass is 543 g/mol. The van der Waals surface area contributed by atoms with Crippen LogP contribution >= 0.6 is 34.8 Å². The molecular formula is C23H18IN3O3S. The van der Waals surface area contributed by atoms with Gasteiger partial charge in [0.25, 0.3) is 5.91 Å². The number of nitrogens with one attached hydrogen (secondary N) is 2. The number of nitrogens with zero attached hydrogens (tertiary/aromatic N) is 1. The Labute approximate surface area is 197 Å². The number of aromatic hydroxyl groups is 1. The number of halogens is 1. The van der Waals surface area contributed by atoms with E-state index in [-0.39, 0.29) is 16.8 Å². The van der Waals surface area contributed by atoms with Crippen LogP contribution in [-0.2, 0) is 6.42 Å². The first-order valence-corrected chi connectivity index (χ1v) is 11.0. The van der Waals surface area contributed by atoms with Gasteiger partial charge in [0.2, 0.25) is 5.89 Å². The molecule has 0 saturated carbocycles. The molecule has 3 N–H and O–H groups in total. The highest BCUT2D eigenvalue weighted by atomic mass is 127. The number of aryl methyl sites for hydroxylation is 1. The number of carbonyl (C=O) groups excluding carboxylic acids is 1. The Hall–Kier alpha value is -2.98. The lowest BCUT2D eigenvalue weighted by Crippen LogP contribution is -2.34. The molecule has 0 aliphatic rings. The molecule has 4 rings (SSSR count). The third kappa shape index (κ3) is 4.86. The molecule has 6 nitrogen and oxygen atoms in total. The molecule has 0 aliphatic carbocycles. The molecule has 1 heterocycles. The minimum Gasteiger partial charge on any atom is -0.507 e. The molecule has 0 unspecified atom stereocenters. The van der Waals surface area contributed by atoms with Gasteiger partial charge >= 0.3 is 0 Å². The van der Waals surface area contributed by atoms with E-state index in [9.17, 15) is 9.90 Å². The molecule has 0 aliphatic heterocycles. The zero-order valence-electron chi connectivity index (χ0n) is 16.5. The van der Waals surface area contributed by atoms with Crippen LogP contribution in [-0.4, -0.2) is 21.1 Å². The van der Waals surface area contributed by atoms with E-state index in [2.05, 4.69) is 45.1 Å². The van der Waals surface area contributed by atoms with E-state index in [0.717, 1.165) is 21.1 Å². The van der Waals surface area contributed by atoms with Gasteiger partial charge in [0.05, 0.1) is 5.56 Å². The van der Waals surface area contributed by atoms with Gasteiger partial charge in [-0.1, -0.05) is 13.0 Å². The molecule has 31 heavy (non-hydrogen) atoms. The minimum absolute atomic E-state index is 0.0293. The Morgan fingerprint density at radius 3 is 2.65 bits per heavy atom. The molecule has 0 bridgehead atoms. The van der Waals surface area contributed by atoms with Crippen molar-refractivity contribution in [1.82, 2.24) is 10.3 Å². The van der Waals surface area contributed by atoms with Gasteiger partial charge in [-0.15, -0.1) is 0 Å². The maximum atomic E-state index is 12.3. The molecular weight excluding hydrogens is 525 g/mol. The normalized spacial score (nSPS) is 10.8. The van der Waals surface area contributed by atoms with E-state index in [1.54, 1.807) is 24.3 Å². The number of oxazole rings is 1. The van der Waals surface area contributed by atoms with E-state index in [1.165, 1.54) is 6.07 Å². The summed E-state index contributed by atoms with van der Waals surface area (Å²) in [6.07, 6.45) is 0.897. The largest absolute Gasteiger partial charge is 0.507 e. The minimum atomic E-state index is -0.307. The summed E-state index contributed by atoms with van der Waals surface area (Å²) in [5.41, 5.74) is 4.04. The number of anilines is 1. The summed E-state index contributed by atoms with van der Waals surface area (Å²) in [4.78, 5) is 16.9. The number of phenols is 1. The molecule has 0 spiro atoms. The summed E-state index contributed by atoms with van der Waals surface area (Å²) >= 11 is 7.44. The highest BCUT2D eigenvalue weighted by Gasteiger charge is 2.15. The number of rotatable bonds is 4. The number of hydrogen-bond donors (Lipinski definition) is 3. The van der Waals surface area contributed by atoms with Gasteiger partial charge in [-0.3, -0.25) is 10.1 Å². The number of fused-ring (bicyclic) bond motifs is 1. The van der Waals surface area contributed by atoms with Crippen LogP contribution < -0.4 is 10.6 Å². The van der Waals surface area contributed by atoms with E-state index in [1.807, 2.05) is 30.3 Å². The molecule has 0 fully saturated rings. The van der Waals surface area contributed by atoms with Gasteiger partial charge in [0.15, 0.2) is 10.7 Å². The van der Waals surface area contributed by atoms with Crippen LogP contribution in [0.5, 0.6) is 5.75 Å². The number of benzene rings is 3. The lowest BCUT2D eigenvalue weighted by molar-refractivity contribution is 0.0977. The third-order valence-corrected chi connectivity index (χ3v) is 5.60. The van der Waals surface area contributed by atoms with Gasteiger partial charge in [0.1, 0.15) is 11.3 Å². The average Bonchev–Trinajstić information content (AvgIpc) is 3.18. The second kappa shape index (κ2) is 9.03. The third-order valence-electron chi connectivity index (χ3n) is 4.68. The van der Waals surface area contributed by atoms with Crippen LogP contribution in [0.2, 0.25) is 0 Å². The maximum absolute atomic E-state index is 12.3. The van der Waals surface area contributed by atoms with Crippen molar-refractivity contribution in [3.05, 3.63) is 75.4 Å². The Morgan fingerprint density at radius 2 is 1.90 bits per heavy atom. The van der Waals surface area contributed by atoms with Crippen molar-refractivity contribution in [3.8, 4) is 17.2 Å². The fourth-order valence-corrected chi connectivity index (χ4v) is 3.60. The quantitative estimate of drug-likeness (QED) is 0.179. The van der Waals surface area contributed by atoms with Crippen molar-refractivity contribution >= 4 is 62.6 Å². The van der Waals surface area contributed by atoms with Crippen LogP contribution in [0.1, 0.15) is 22.8 Å². The Morgan fingerprint density at radius 1 is 1.13 bits per heavy atom. The first-order valence-electron chi connectivity index (χ1n) is 9.53. The predicted molar refractivity (Wildman–Crippen MR) is 133 cm³/mol.